The van der Waals surface area contributed by atoms with Crippen LogP contribution in [-0.4, -0.2) is 25.7 Å². The van der Waals surface area contributed by atoms with Gasteiger partial charge in [-0.3, -0.25) is 4.79 Å². The van der Waals surface area contributed by atoms with Gasteiger partial charge in [-0.15, -0.1) is 10.2 Å². The summed E-state index contributed by atoms with van der Waals surface area (Å²) in [6, 6.07) is 12.3. The Morgan fingerprint density at radius 2 is 2.04 bits per heavy atom. The highest BCUT2D eigenvalue weighted by Gasteiger charge is 2.16. The molecule has 0 aliphatic rings. The number of amides is 1. The minimum atomic E-state index is -0.267. The van der Waals surface area contributed by atoms with Crippen LogP contribution >= 0.6 is 0 Å². The van der Waals surface area contributed by atoms with Crippen molar-refractivity contribution >= 4 is 5.91 Å². The van der Waals surface area contributed by atoms with E-state index in [0.717, 1.165) is 0 Å². The summed E-state index contributed by atoms with van der Waals surface area (Å²) in [5.41, 5.74) is 0.463. The molecular weight excluding hydrogens is 306 g/mol. The van der Waals surface area contributed by atoms with E-state index in [-0.39, 0.29) is 11.9 Å². The van der Waals surface area contributed by atoms with Crippen LogP contribution in [0, 0.1) is 0 Å². The van der Waals surface area contributed by atoms with Gasteiger partial charge in [0.15, 0.2) is 5.82 Å². The van der Waals surface area contributed by atoms with Gasteiger partial charge in [0, 0.05) is 24.9 Å². The van der Waals surface area contributed by atoms with E-state index in [9.17, 15) is 4.79 Å². The second kappa shape index (κ2) is 6.91. The Hall–Kier alpha value is -3.22. The first-order valence-electron chi connectivity index (χ1n) is 7.47. The number of para-hydroxylation sites is 1. The van der Waals surface area contributed by atoms with Crippen molar-refractivity contribution in [3.05, 3.63) is 66.4 Å². The summed E-state index contributed by atoms with van der Waals surface area (Å²) >= 11 is 0. The van der Waals surface area contributed by atoms with Crippen molar-refractivity contribution in [2.45, 2.75) is 13.0 Å². The predicted octanol–water partition coefficient (Wildman–Crippen LogP) is 2.49. The standard InChI is InChI=1S/C17H17N5O2/c1-12(16-21-19-11-22(16)2)20-17(23)13-8-9-18-15(10-13)24-14-6-4-3-5-7-14/h3-12H,1-2H3,(H,20,23). The molecule has 0 aliphatic heterocycles. The average Bonchev–Trinajstić information content (AvgIpc) is 3.02. The van der Waals surface area contributed by atoms with E-state index in [4.69, 9.17) is 4.74 Å². The number of pyridine rings is 1. The largest absolute Gasteiger partial charge is 0.439 e. The van der Waals surface area contributed by atoms with Gasteiger partial charge in [-0.1, -0.05) is 18.2 Å². The number of carbonyl (C=O) groups is 1. The molecule has 2 heterocycles. The molecule has 0 fully saturated rings. The lowest BCUT2D eigenvalue weighted by molar-refractivity contribution is 0.0937. The maximum Gasteiger partial charge on any atom is 0.252 e. The summed E-state index contributed by atoms with van der Waals surface area (Å²) in [6.07, 6.45) is 3.14. The predicted molar refractivity (Wildman–Crippen MR) is 87.6 cm³/mol. The van der Waals surface area contributed by atoms with E-state index in [1.54, 1.807) is 29.2 Å². The zero-order chi connectivity index (χ0) is 16.9. The van der Waals surface area contributed by atoms with Gasteiger partial charge in [0.25, 0.3) is 5.91 Å². The van der Waals surface area contributed by atoms with Crippen molar-refractivity contribution in [3.63, 3.8) is 0 Å². The number of aryl methyl sites for hydroxylation is 1. The summed E-state index contributed by atoms with van der Waals surface area (Å²) in [5, 5.41) is 10.7. The van der Waals surface area contributed by atoms with Gasteiger partial charge in [0.2, 0.25) is 5.88 Å². The summed E-state index contributed by atoms with van der Waals surface area (Å²) in [4.78, 5) is 16.5. The number of benzene rings is 1. The topological polar surface area (TPSA) is 81.9 Å². The normalized spacial score (nSPS) is 11.8. The number of hydrogen-bond donors (Lipinski definition) is 1. The fourth-order valence-electron chi connectivity index (χ4n) is 2.24. The Morgan fingerprint density at radius 3 is 2.75 bits per heavy atom. The molecule has 0 saturated heterocycles. The lowest BCUT2D eigenvalue weighted by Gasteiger charge is -2.13. The lowest BCUT2D eigenvalue weighted by Crippen LogP contribution is -2.28. The number of hydrogen-bond acceptors (Lipinski definition) is 5. The number of ether oxygens (including phenoxy) is 1. The fraction of sp³-hybridized carbons (Fsp3) is 0.176. The first kappa shape index (κ1) is 15.7. The molecule has 7 heteroatoms. The molecule has 1 unspecified atom stereocenters. The van der Waals surface area contributed by atoms with Crippen LogP contribution in [0.15, 0.2) is 55.0 Å². The summed E-state index contributed by atoms with van der Waals surface area (Å²) < 4.78 is 7.41. The second-order valence-corrected chi connectivity index (χ2v) is 5.29. The van der Waals surface area contributed by atoms with Crippen LogP contribution in [0.5, 0.6) is 11.6 Å². The third-order valence-electron chi connectivity index (χ3n) is 3.44. The number of carbonyl (C=O) groups excluding carboxylic acids is 1. The molecule has 1 aromatic carbocycles. The Balaban J connectivity index is 1.71. The molecule has 1 amide bonds. The first-order chi connectivity index (χ1) is 11.6. The van der Waals surface area contributed by atoms with Crippen molar-refractivity contribution in [1.29, 1.82) is 0 Å². The van der Waals surface area contributed by atoms with E-state index in [1.165, 1.54) is 0 Å². The summed E-state index contributed by atoms with van der Waals surface area (Å²) in [5.74, 6) is 1.47. The summed E-state index contributed by atoms with van der Waals surface area (Å²) in [6.45, 7) is 1.85. The minimum absolute atomic E-state index is 0.231. The molecule has 0 saturated carbocycles. The molecule has 2 aromatic heterocycles. The van der Waals surface area contributed by atoms with Crippen LogP contribution in [0.2, 0.25) is 0 Å². The SMILES string of the molecule is CC(NC(=O)c1ccnc(Oc2ccccc2)c1)c1nncn1C. The molecule has 1 N–H and O–H groups in total. The molecule has 0 radical (unpaired) electrons. The van der Waals surface area contributed by atoms with Gasteiger partial charge in [-0.05, 0) is 25.1 Å². The number of nitrogens with one attached hydrogen (secondary N) is 1. The molecule has 122 valence electrons. The van der Waals surface area contributed by atoms with Crippen LogP contribution in [0.25, 0.3) is 0 Å². The van der Waals surface area contributed by atoms with Crippen LogP contribution in [0.4, 0.5) is 0 Å². The molecule has 0 spiro atoms. The molecule has 7 nitrogen and oxygen atoms in total. The van der Waals surface area contributed by atoms with Crippen LogP contribution in [0.1, 0.15) is 29.1 Å². The van der Waals surface area contributed by atoms with Crippen molar-refractivity contribution in [1.82, 2.24) is 25.1 Å². The average molecular weight is 323 g/mol. The maximum absolute atomic E-state index is 12.4. The van der Waals surface area contributed by atoms with E-state index >= 15 is 0 Å². The fourth-order valence-corrected chi connectivity index (χ4v) is 2.24. The minimum Gasteiger partial charge on any atom is -0.439 e. The maximum atomic E-state index is 12.4. The molecular formula is C17H17N5O2. The van der Waals surface area contributed by atoms with Crippen LogP contribution in [0.3, 0.4) is 0 Å². The van der Waals surface area contributed by atoms with Crippen molar-refractivity contribution in [2.75, 3.05) is 0 Å². The van der Waals surface area contributed by atoms with Gasteiger partial charge < -0.3 is 14.6 Å². The monoisotopic (exact) mass is 323 g/mol. The molecule has 0 bridgehead atoms. The Kier molecular flexibility index (Phi) is 4.51. The van der Waals surface area contributed by atoms with E-state index in [1.807, 2.05) is 44.3 Å². The zero-order valence-corrected chi connectivity index (χ0v) is 13.4. The molecule has 1 atom stereocenters. The smallest absolute Gasteiger partial charge is 0.252 e. The Labute approximate surface area is 139 Å². The van der Waals surface area contributed by atoms with Crippen molar-refractivity contribution in [2.24, 2.45) is 7.05 Å². The molecule has 0 aliphatic carbocycles. The number of aromatic nitrogens is 4. The molecule has 3 rings (SSSR count). The third kappa shape index (κ3) is 3.57. The van der Waals surface area contributed by atoms with Gasteiger partial charge in [0.1, 0.15) is 12.1 Å². The number of nitrogens with zero attached hydrogens (tertiary/aromatic N) is 4. The van der Waals surface area contributed by atoms with Crippen molar-refractivity contribution < 1.29 is 9.53 Å². The van der Waals surface area contributed by atoms with E-state index < -0.39 is 0 Å². The first-order valence-corrected chi connectivity index (χ1v) is 7.47. The third-order valence-corrected chi connectivity index (χ3v) is 3.44. The quantitative estimate of drug-likeness (QED) is 0.780. The molecule has 3 aromatic rings. The van der Waals surface area contributed by atoms with E-state index in [2.05, 4.69) is 20.5 Å². The Morgan fingerprint density at radius 1 is 1.25 bits per heavy atom. The zero-order valence-electron chi connectivity index (χ0n) is 13.4. The van der Waals surface area contributed by atoms with Crippen LogP contribution in [-0.2, 0) is 7.05 Å². The lowest BCUT2D eigenvalue weighted by atomic mass is 10.2. The molecule has 24 heavy (non-hydrogen) atoms. The van der Waals surface area contributed by atoms with E-state index in [0.29, 0.717) is 23.0 Å². The highest BCUT2D eigenvalue weighted by Crippen LogP contribution is 2.19. The van der Waals surface area contributed by atoms with Crippen LogP contribution < -0.4 is 10.1 Å². The van der Waals surface area contributed by atoms with Gasteiger partial charge >= 0.3 is 0 Å². The van der Waals surface area contributed by atoms with Gasteiger partial charge in [-0.2, -0.15) is 0 Å². The highest BCUT2D eigenvalue weighted by atomic mass is 16.5. The second-order valence-electron chi connectivity index (χ2n) is 5.29. The van der Waals surface area contributed by atoms with Gasteiger partial charge in [0.05, 0.1) is 6.04 Å². The summed E-state index contributed by atoms with van der Waals surface area (Å²) in [7, 11) is 1.83. The van der Waals surface area contributed by atoms with Gasteiger partial charge in [-0.25, -0.2) is 4.98 Å². The highest BCUT2D eigenvalue weighted by molar-refractivity contribution is 5.94. The number of rotatable bonds is 5. The Bertz CT molecular complexity index is 832. The van der Waals surface area contributed by atoms with Crippen molar-refractivity contribution in [3.8, 4) is 11.6 Å².